The van der Waals surface area contributed by atoms with Crippen LogP contribution in [-0.2, 0) is 4.79 Å². The summed E-state index contributed by atoms with van der Waals surface area (Å²) in [5.41, 5.74) is 8.93. The number of fused-ring (bicyclic) bond motifs is 2. The summed E-state index contributed by atoms with van der Waals surface area (Å²) in [6.07, 6.45) is 7.31. The third kappa shape index (κ3) is 3.93. The highest BCUT2D eigenvalue weighted by molar-refractivity contribution is 5.87. The van der Waals surface area contributed by atoms with Crippen LogP contribution in [0.4, 0.5) is 5.82 Å². The normalized spacial score (nSPS) is 21.3. The van der Waals surface area contributed by atoms with Crippen molar-refractivity contribution in [3.8, 4) is 22.8 Å². The molecule has 2 fully saturated rings. The highest BCUT2D eigenvalue weighted by atomic mass is 16.5. The molecule has 7 heteroatoms. The first kappa shape index (κ1) is 21.4. The summed E-state index contributed by atoms with van der Waals surface area (Å²) in [7, 11) is 0. The third-order valence-corrected chi connectivity index (χ3v) is 7.31. The van der Waals surface area contributed by atoms with Crippen molar-refractivity contribution in [2.45, 2.75) is 18.8 Å². The number of carbonyl (C=O) groups is 1. The van der Waals surface area contributed by atoms with Crippen molar-refractivity contribution in [3.63, 3.8) is 0 Å². The summed E-state index contributed by atoms with van der Waals surface area (Å²) in [5.74, 6) is 4.43. The smallest absolute Gasteiger partial charge is 0.245 e. The second-order valence-electron chi connectivity index (χ2n) is 9.46. The van der Waals surface area contributed by atoms with Crippen LogP contribution in [0.3, 0.4) is 0 Å². The Bertz CT molecular complexity index is 1380. The predicted molar refractivity (Wildman–Crippen MR) is 135 cm³/mol. The molecular weight excluding hydrogens is 438 g/mol. The minimum atomic E-state index is 0.0332. The first-order valence-electron chi connectivity index (χ1n) is 12.0. The number of imidazole rings is 1. The number of nitrogen functional groups attached to an aromatic ring is 1. The predicted octanol–water partition coefficient (Wildman–Crippen LogP) is 4.91. The Morgan fingerprint density at radius 2 is 1.71 bits per heavy atom. The molecule has 3 heterocycles. The highest BCUT2D eigenvalue weighted by Gasteiger charge is 2.43. The Morgan fingerprint density at radius 3 is 2.40 bits per heavy atom. The fourth-order valence-electron chi connectivity index (χ4n) is 5.62. The SMILES string of the molecule is C=CC(=O)N1CC2CC(c3ncc4c(N)nc(-c5ccc(Oc6ccccc6)cc5)cn34)CC2C1. The fraction of sp³-hybridized carbons (Fsp3) is 0.250. The lowest BCUT2D eigenvalue weighted by atomic mass is 10.0. The van der Waals surface area contributed by atoms with E-state index < -0.39 is 0 Å². The first-order valence-corrected chi connectivity index (χ1v) is 12.0. The summed E-state index contributed by atoms with van der Waals surface area (Å²) >= 11 is 0. The van der Waals surface area contributed by atoms with Crippen molar-refractivity contribution < 1.29 is 9.53 Å². The van der Waals surface area contributed by atoms with E-state index in [4.69, 9.17) is 15.5 Å². The third-order valence-electron chi connectivity index (χ3n) is 7.31. The number of benzene rings is 2. The molecule has 2 unspecified atom stereocenters. The van der Waals surface area contributed by atoms with E-state index in [1.54, 1.807) is 0 Å². The summed E-state index contributed by atoms with van der Waals surface area (Å²) in [6.45, 7) is 5.24. The molecule has 2 aliphatic rings. The van der Waals surface area contributed by atoms with Gasteiger partial charge in [-0.1, -0.05) is 24.8 Å². The zero-order valence-corrected chi connectivity index (χ0v) is 19.4. The molecule has 2 N–H and O–H groups in total. The van der Waals surface area contributed by atoms with Gasteiger partial charge in [-0.05, 0) is 67.2 Å². The molecule has 2 aromatic heterocycles. The first-order chi connectivity index (χ1) is 17.1. The van der Waals surface area contributed by atoms with Crippen LogP contribution < -0.4 is 10.5 Å². The van der Waals surface area contributed by atoms with Gasteiger partial charge < -0.3 is 15.4 Å². The van der Waals surface area contributed by atoms with E-state index in [0.29, 0.717) is 23.6 Å². The fourth-order valence-corrected chi connectivity index (χ4v) is 5.62. The number of carbonyl (C=O) groups excluding carboxylic acids is 1. The van der Waals surface area contributed by atoms with Crippen LogP contribution in [0, 0.1) is 11.8 Å². The van der Waals surface area contributed by atoms with Crippen molar-refractivity contribution in [2.24, 2.45) is 11.8 Å². The second kappa shape index (κ2) is 8.58. The van der Waals surface area contributed by atoms with Crippen LogP contribution in [0.25, 0.3) is 16.8 Å². The average Bonchev–Trinajstić information content (AvgIpc) is 3.58. The molecule has 0 spiro atoms. The van der Waals surface area contributed by atoms with Gasteiger partial charge in [-0.25, -0.2) is 9.97 Å². The monoisotopic (exact) mass is 465 g/mol. The number of anilines is 1. The Hall–Kier alpha value is -4.13. The molecule has 0 radical (unpaired) electrons. The molecule has 1 amide bonds. The van der Waals surface area contributed by atoms with Crippen molar-refractivity contribution in [1.29, 1.82) is 0 Å². The van der Waals surface area contributed by atoms with Gasteiger partial charge in [-0.15, -0.1) is 0 Å². The van der Waals surface area contributed by atoms with Crippen LogP contribution in [0.15, 0.2) is 79.6 Å². The molecule has 1 aliphatic heterocycles. The zero-order chi connectivity index (χ0) is 23.9. The highest BCUT2D eigenvalue weighted by Crippen LogP contribution is 2.46. The molecule has 0 bridgehead atoms. The van der Waals surface area contributed by atoms with Gasteiger partial charge in [0.15, 0.2) is 0 Å². The van der Waals surface area contributed by atoms with Crippen molar-refractivity contribution >= 4 is 17.2 Å². The standard InChI is InChI=1S/C28H27N5O2/c1-2-26(34)32-15-20-12-19(13-21(20)16-32)28-30-14-25-27(29)31-24(17-33(25)28)18-8-10-23(11-9-18)35-22-6-4-3-5-7-22/h2-11,14,17,19-21H,1,12-13,15-16H2,(H2,29,31). The van der Waals surface area contributed by atoms with Gasteiger partial charge in [0.25, 0.3) is 0 Å². The molecule has 1 saturated heterocycles. The number of nitrogens with zero attached hydrogens (tertiary/aromatic N) is 4. The molecule has 1 aliphatic carbocycles. The van der Waals surface area contributed by atoms with Crippen molar-refractivity contribution in [2.75, 3.05) is 18.8 Å². The molecular formula is C28H27N5O2. The van der Waals surface area contributed by atoms with E-state index in [1.165, 1.54) is 6.08 Å². The van der Waals surface area contributed by atoms with E-state index in [0.717, 1.165) is 60.0 Å². The van der Waals surface area contributed by atoms with Crippen LogP contribution >= 0.6 is 0 Å². The van der Waals surface area contributed by atoms with Gasteiger partial charge in [0.2, 0.25) is 5.91 Å². The van der Waals surface area contributed by atoms with Gasteiger partial charge in [-0.3, -0.25) is 9.20 Å². The van der Waals surface area contributed by atoms with Gasteiger partial charge in [-0.2, -0.15) is 0 Å². The minimum Gasteiger partial charge on any atom is -0.457 e. The summed E-state index contributed by atoms with van der Waals surface area (Å²) < 4.78 is 8.01. The molecule has 176 valence electrons. The molecule has 4 aromatic rings. The van der Waals surface area contributed by atoms with E-state index in [1.807, 2.05) is 71.9 Å². The number of hydrogen-bond acceptors (Lipinski definition) is 5. The molecule has 6 rings (SSSR count). The lowest BCUT2D eigenvalue weighted by molar-refractivity contribution is -0.125. The van der Waals surface area contributed by atoms with Crippen molar-refractivity contribution in [3.05, 3.63) is 85.5 Å². The van der Waals surface area contributed by atoms with Crippen LogP contribution in [0.5, 0.6) is 11.5 Å². The number of rotatable bonds is 5. The number of amides is 1. The molecule has 1 saturated carbocycles. The Morgan fingerprint density at radius 1 is 1.03 bits per heavy atom. The maximum Gasteiger partial charge on any atom is 0.245 e. The number of ether oxygens (including phenoxy) is 1. The van der Waals surface area contributed by atoms with Gasteiger partial charge >= 0.3 is 0 Å². The van der Waals surface area contributed by atoms with Gasteiger partial charge in [0, 0.05) is 30.8 Å². The van der Waals surface area contributed by atoms with E-state index in [9.17, 15) is 4.79 Å². The van der Waals surface area contributed by atoms with Crippen LogP contribution in [0.2, 0.25) is 0 Å². The minimum absolute atomic E-state index is 0.0332. The second-order valence-corrected chi connectivity index (χ2v) is 9.46. The molecule has 35 heavy (non-hydrogen) atoms. The number of likely N-dealkylation sites (tertiary alicyclic amines) is 1. The number of para-hydroxylation sites is 1. The lowest BCUT2D eigenvalue weighted by Crippen LogP contribution is -2.28. The van der Waals surface area contributed by atoms with Crippen LogP contribution in [0.1, 0.15) is 24.6 Å². The molecule has 2 atom stereocenters. The summed E-state index contributed by atoms with van der Waals surface area (Å²) in [4.78, 5) is 23.3. The Balaban J connectivity index is 1.24. The van der Waals surface area contributed by atoms with Crippen LogP contribution in [-0.4, -0.2) is 38.3 Å². The number of hydrogen-bond donors (Lipinski definition) is 1. The maximum absolute atomic E-state index is 12.0. The Kier molecular flexibility index (Phi) is 5.25. The maximum atomic E-state index is 12.0. The number of aromatic nitrogens is 3. The van der Waals surface area contributed by atoms with Gasteiger partial charge in [0.1, 0.15) is 28.7 Å². The topological polar surface area (TPSA) is 85.8 Å². The molecule has 7 nitrogen and oxygen atoms in total. The van der Waals surface area contributed by atoms with E-state index in [2.05, 4.69) is 16.0 Å². The average molecular weight is 466 g/mol. The zero-order valence-electron chi connectivity index (χ0n) is 19.4. The Labute approximate surface area is 203 Å². The van der Waals surface area contributed by atoms with E-state index in [-0.39, 0.29) is 5.91 Å². The number of nitrogens with two attached hydrogens (primary N) is 1. The van der Waals surface area contributed by atoms with Gasteiger partial charge in [0.05, 0.1) is 11.9 Å². The van der Waals surface area contributed by atoms with Crippen molar-refractivity contribution in [1.82, 2.24) is 19.3 Å². The van der Waals surface area contributed by atoms with E-state index >= 15 is 0 Å². The molecule has 2 aromatic carbocycles. The summed E-state index contributed by atoms with van der Waals surface area (Å²) in [5, 5.41) is 0. The lowest BCUT2D eigenvalue weighted by Gasteiger charge is -2.17. The largest absolute Gasteiger partial charge is 0.457 e. The quantitative estimate of drug-likeness (QED) is 0.423. The summed E-state index contributed by atoms with van der Waals surface area (Å²) in [6, 6.07) is 17.6.